The van der Waals surface area contributed by atoms with Crippen molar-refractivity contribution in [1.82, 2.24) is 20.1 Å². The second-order valence-corrected chi connectivity index (χ2v) is 4.18. The zero-order chi connectivity index (χ0) is 13.7. The number of hydrogen-bond donors (Lipinski definition) is 1. The number of rotatable bonds is 6. The van der Waals surface area contributed by atoms with Crippen molar-refractivity contribution < 1.29 is 4.92 Å². The number of hydrogen-bond acceptors (Lipinski definition) is 5. The molecule has 0 aliphatic carbocycles. The molecule has 0 aliphatic rings. The Bertz CT molecular complexity index is 550. The monoisotopic (exact) mass is 261 g/mol. The average molecular weight is 261 g/mol. The fraction of sp³-hybridized carbons (Fsp3) is 0.333. The summed E-state index contributed by atoms with van der Waals surface area (Å²) in [6.07, 6.45) is 2.47. The Hall–Kier alpha value is -2.28. The van der Waals surface area contributed by atoms with Gasteiger partial charge in [0, 0.05) is 19.2 Å². The minimum Gasteiger partial charge on any atom is -0.309 e. The van der Waals surface area contributed by atoms with Crippen LogP contribution < -0.4 is 5.32 Å². The number of nitrogens with zero attached hydrogens (tertiary/aromatic N) is 4. The highest BCUT2D eigenvalue weighted by Crippen LogP contribution is 2.11. The summed E-state index contributed by atoms with van der Waals surface area (Å²) in [5.74, 6) is 0.756. The fourth-order valence-electron chi connectivity index (χ4n) is 1.68. The molecule has 100 valence electrons. The zero-order valence-electron chi connectivity index (χ0n) is 10.6. The van der Waals surface area contributed by atoms with Crippen LogP contribution in [0.25, 0.3) is 0 Å². The highest BCUT2D eigenvalue weighted by molar-refractivity contribution is 5.32. The number of nitro groups is 1. The van der Waals surface area contributed by atoms with E-state index in [0.29, 0.717) is 6.54 Å². The highest BCUT2D eigenvalue weighted by Gasteiger charge is 2.03. The van der Waals surface area contributed by atoms with Crippen LogP contribution in [0.3, 0.4) is 0 Å². The molecule has 1 heterocycles. The standard InChI is InChI=1S/C12H15N5O2/c1-16-9-14-12(15-16)8-13-7-6-10-2-4-11(5-3-10)17(18)19/h2-5,9,13H,6-8H2,1H3. The summed E-state index contributed by atoms with van der Waals surface area (Å²) in [6, 6.07) is 6.60. The molecule has 2 rings (SSSR count). The second kappa shape index (κ2) is 6.05. The SMILES string of the molecule is Cn1cnc(CNCCc2ccc([N+](=O)[O-])cc2)n1. The van der Waals surface area contributed by atoms with E-state index in [1.807, 2.05) is 7.05 Å². The average Bonchev–Trinajstić information content (AvgIpc) is 2.81. The molecule has 1 aromatic heterocycles. The number of benzene rings is 1. The largest absolute Gasteiger partial charge is 0.309 e. The van der Waals surface area contributed by atoms with Crippen LogP contribution in [0.5, 0.6) is 0 Å². The van der Waals surface area contributed by atoms with Crippen LogP contribution in [0.2, 0.25) is 0 Å². The van der Waals surface area contributed by atoms with Gasteiger partial charge in [0.25, 0.3) is 5.69 Å². The highest BCUT2D eigenvalue weighted by atomic mass is 16.6. The zero-order valence-corrected chi connectivity index (χ0v) is 10.6. The van der Waals surface area contributed by atoms with E-state index < -0.39 is 4.92 Å². The molecule has 0 bridgehead atoms. The number of nitrogens with one attached hydrogen (secondary N) is 1. The molecule has 0 fully saturated rings. The summed E-state index contributed by atoms with van der Waals surface area (Å²) in [6.45, 7) is 1.39. The minimum absolute atomic E-state index is 0.120. The van der Waals surface area contributed by atoms with E-state index >= 15 is 0 Å². The van der Waals surface area contributed by atoms with Crippen molar-refractivity contribution in [2.24, 2.45) is 7.05 Å². The van der Waals surface area contributed by atoms with E-state index in [4.69, 9.17) is 0 Å². The first kappa shape index (κ1) is 13.2. The van der Waals surface area contributed by atoms with Gasteiger partial charge in [0.1, 0.15) is 6.33 Å². The molecule has 0 saturated carbocycles. The van der Waals surface area contributed by atoms with Gasteiger partial charge in [0.15, 0.2) is 5.82 Å². The topological polar surface area (TPSA) is 85.9 Å². The third kappa shape index (κ3) is 3.85. The molecule has 0 radical (unpaired) electrons. The number of non-ortho nitro benzene ring substituents is 1. The van der Waals surface area contributed by atoms with E-state index in [9.17, 15) is 10.1 Å². The quantitative estimate of drug-likeness (QED) is 0.477. The first-order valence-electron chi connectivity index (χ1n) is 5.94. The normalized spacial score (nSPS) is 10.6. The first-order valence-corrected chi connectivity index (χ1v) is 5.94. The lowest BCUT2D eigenvalue weighted by atomic mass is 10.1. The lowest BCUT2D eigenvalue weighted by Crippen LogP contribution is -2.17. The van der Waals surface area contributed by atoms with Gasteiger partial charge in [-0.2, -0.15) is 5.10 Å². The van der Waals surface area contributed by atoms with Crippen LogP contribution >= 0.6 is 0 Å². The molecule has 0 aliphatic heterocycles. The predicted molar refractivity (Wildman–Crippen MR) is 69.5 cm³/mol. The van der Waals surface area contributed by atoms with Crippen molar-refractivity contribution in [3.05, 3.63) is 52.1 Å². The molecular weight excluding hydrogens is 246 g/mol. The lowest BCUT2D eigenvalue weighted by molar-refractivity contribution is -0.384. The molecule has 1 aromatic carbocycles. The first-order chi connectivity index (χ1) is 9.15. The molecule has 0 unspecified atom stereocenters. The van der Waals surface area contributed by atoms with Crippen molar-refractivity contribution in [2.75, 3.05) is 6.54 Å². The van der Waals surface area contributed by atoms with E-state index in [-0.39, 0.29) is 5.69 Å². The molecule has 2 aromatic rings. The van der Waals surface area contributed by atoms with E-state index in [1.54, 1.807) is 23.1 Å². The van der Waals surface area contributed by atoms with Crippen molar-refractivity contribution in [2.45, 2.75) is 13.0 Å². The molecule has 1 N–H and O–H groups in total. The molecular formula is C12H15N5O2. The summed E-state index contributed by atoms with van der Waals surface area (Å²) in [7, 11) is 1.83. The molecule has 7 heteroatoms. The lowest BCUT2D eigenvalue weighted by Gasteiger charge is -2.02. The Kier molecular flexibility index (Phi) is 4.19. The Labute approximate surface area is 110 Å². The van der Waals surface area contributed by atoms with Crippen LogP contribution in [0.1, 0.15) is 11.4 Å². The predicted octanol–water partition coefficient (Wildman–Crippen LogP) is 1.06. The maximum atomic E-state index is 10.5. The molecule has 19 heavy (non-hydrogen) atoms. The van der Waals surface area contributed by atoms with E-state index in [1.165, 1.54) is 12.1 Å². The van der Waals surface area contributed by atoms with E-state index in [2.05, 4.69) is 15.4 Å². The third-order valence-corrected chi connectivity index (χ3v) is 2.67. The van der Waals surface area contributed by atoms with E-state index in [0.717, 1.165) is 24.4 Å². The van der Waals surface area contributed by atoms with Gasteiger partial charge in [-0.25, -0.2) is 4.98 Å². The van der Waals surface area contributed by atoms with Gasteiger partial charge >= 0.3 is 0 Å². The molecule has 0 spiro atoms. The summed E-state index contributed by atoms with van der Waals surface area (Å²) >= 11 is 0. The Morgan fingerprint density at radius 1 is 1.37 bits per heavy atom. The smallest absolute Gasteiger partial charge is 0.269 e. The maximum absolute atomic E-state index is 10.5. The van der Waals surface area contributed by atoms with Gasteiger partial charge < -0.3 is 5.32 Å². The molecule has 0 atom stereocenters. The van der Waals surface area contributed by atoms with Gasteiger partial charge in [0.2, 0.25) is 0 Å². The van der Waals surface area contributed by atoms with Crippen molar-refractivity contribution in [3.63, 3.8) is 0 Å². The van der Waals surface area contributed by atoms with Gasteiger partial charge in [-0.1, -0.05) is 12.1 Å². The van der Waals surface area contributed by atoms with Crippen LogP contribution in [-0.4, -0.2) is 26.2 Å². The second-order valence-electron chi connectivity index (χ2n) is 4.18. The fourth-order valence-corrected chi connectivity index (χ4v) is 1.68. The van der Waals surface area contributed by atoms with Crippen molar-refractivity contribution >= 4 is 5.69 Å². The van der Waals surface area contributed by atoms with Gasteiger partial charge in [-0.15, -0.1) is 0 Å². The number of nitro benzene ring substituents is 1. The van der Waals surface area contributed by atoms with Gasteiger partial charge in [0.05, 0.1) is 11.5 Å². The van der Waals surface area contributed by atoms with Crippen LogP contribution in [-0.2, 0) is 20.0 Å². The summed E-state index contributed by atoms with van der Waals surface area (Å²) in [5, 5.41) is 17.9. The van der Waals surface area contributed by atoms with Crippen molar-refractivity contribution in [3.8, 4) is 0 Å². The number of aryl methyl sites for hydroxylation is 1. The Morgan fingerprint density at radius 3 is 2.68 bits per heavy atom. The maximum Gasteiger partial charge on any atom is 0.269 e. The van der Waals surface area contributed by atoms with Crippen LogP contribution in [0.4, 0.5) is 5.69 Å². The summed E-state index contributed by atoms with van der Waals surface area (Å²) < 4.78 is 1.66. The van der Waals surface area contributed by atoms with Crippen molar-refractivity contribution in [1.29, 1.82) is 0 Å². The molecule has 7 nitrogen and oxygen atoms in total. The van der Waals surface area contributed by atoms with Crippen LogP contribution in [0.15, 0.2) is 30.6 Å². The molecule has 0 saturated heterocycles. The van der Waals surface area contributed by atoms with Crippen LogP contribution in [0, 0.1) is 10.1 Å². The Morgan fingerprint density at radius 2 is 2.11 bits per heavy atom. The summed E-state index contributed by atoms with van der Waals surface area (Å²) in [4.78, 5) is 14.2. The number of aromatic nitrogens is 3. The van der Waals surface area contributed by atoms with Gasteiger partial charge in [-0.05, 0) is 18.5 Å². The summed E-state index contributed by atoms with van der Waals surface area (Å²) in [5.41, 5.74) is 1.18. The molecule has 0 amide bonds. The van der Waals surface area contributed by atoms with Gasteiger partial charge in [-0.3, -0.25) is 14.8 Å². The Balaban J connectivity index is 1.75. The minimum atomic E-state index is -0.394. The third-order valence-electron chi connectivity index (χ3n) is 2.67.